The molecule has 1 heterocycles. The molecule has 5 nitrogen and oxygen atoms in total. The fraction of sp³-hybridized carbons (Fsp3) is 0.214. The van der Waals surface area contributed by atoms with Crippen molar-refractivity contribution in [3.05, 3.63) is 30.1 Å². The normalized spacial score (nSPS) is 10.1. The van der Waals surface area contributed by atoms with Crippen molar-refractivity contribution in [3.63, 3.8) is 0 Å². The second-order valence-electron chi connectivity index (χ2n) is 3.95. The molecule has 96 valence electrons. The molecule has 0 unspecified atom stereocenters. The van der Waals surface area contributed by atoms with Gasteiger partial charge < -0.3 is 10.0 Å². The predicted octanol–water partition coefficient (Wildman–Crippen LogP) is 1.79. The van der Waals surface area contributed by atoms with Crippen molar-refractivity contribution in [2.45, 2.75) is 6.92 Å². The number of aromatic nitrogens is 2. The standard InChI is InChI=1S/C14H13N3O2/c1-3-7-17(4-2)13-11-6-5-10(14(18)19)8-12(11)15-9-16-13/h1,5-6,8-9H,4,7H2,2H3,(H,18,19). The maximum Gasteiger partial charge on any atom is 0.335 e. The lowest BCUT2D eigenvalue weighted by Crippen LogP contribution is -2.24. The summed E-state index contributed by atoms with van der Waals surface area (Å²) < 4.78 is 0. The van der Waals surface area contributed by atoms with E-state index in [4.69, 9.17) is 11.5 Å². The van der Waals surface area contributed by atoms with Gasteiger partial charge in [-0.25, -0.2) is 14.8 Å². The third kappa shape index (κ3) is 2.47. The molecule has 0 aliphatic rings. The van der Waals surface area contributed by atoms with E-state index in [1.54, 1.807) is 12.1 Å². The number of carboxylic acids is 1. The first-order chi connectivity index (χ1) is 9.17. The summed E-state index contributed by atoms with van der Waals surface area (Å²) in [7, 11) is 0. The van der Waals surface area contributed by atoms with Gasteiger partial charge in [0.25, 0.3) is 0 Å². The summed E-state index contributed by atoms with van der Waals surface area (Å²) in [6.07, 6.45) is 6.76. The van der Waals surface area contributed by atoms with E-state index in [1.165, 1.54) is 12.4 Å². The van der Waals surface area contributed by atoms with Crippen molar-refractivity contribution in [1.82, 2.24) is 9.97 Å². The number of rotatable bonds is 4. The van der Waals surface area contributed by atoms with Crippen LogP contribution >= 0.6 is 0 Å². The molecule has 0 radical (unpaired) electrons. The van der Waals surface area contributed by atoms with Crippen molar-refractivity contribution in [1.29, 1.82) is 0 Å². The first-order valence-electron chi connectivity index (χ1n) is 5.83. The van der Waals surface area contributed by atoms with Gasteiger partial charge in [0, 0.05) is 11.9 Å². The van der Waals surface area contributed by atoms with Crippen molar-refractivity contribution >= 4 is 22.7 Å². The molecule has 2 rings (SSSR count). The first kappa shape index (κ1) is 12.8. The number of carbonyl (C=O) groups is 1. The van der Waals surface area contributed by atoms with Crippen molar-refractivity contribution in [2.75, 3.05) is 18.0 Å². The van der Waals surface area contributed by atoms with Crippen LogP contribution in [0.1, 0.15) is 17.3 Å². The highest BCUT2D eigenvalue weighted by molar-refractivity contribution is 5.96. The van der Waals surface area contributed by atoms with Crippen LogP contribution < -0.4 is 4.90 Å². The van der Waals surface area contributed by atoms with E-state index in [0.29, 0.717) is 12.1 Å². The molecule has 0 saturated carbocycles. The summed E-state index contributed by atoms with van der Waals surface area (Å²) in [5.74, 6) is 2.33. The predicted molar refractivity (Wildman–Crippen MR) is 73.2 cm³/mol. The summed E-state index contributed by atoms with van der Waals surface area (Å²) in [5.41, 5.74) is 0.803. The van der Waals surface area contributed by atoms with Crippen molar-refractivity contribution in [3.8, 4) is 12.3 Å². The zero-order valence-corrected chi connectivity index (χ0v) is 10.5. The van der Waals surface area contributed by atoms with Gasteiger partial charge in [-0.15, -0.1) is 6.42 Å². The molecule has 0 bridgehead atoms. The number of hydrogen-bond donors (Lipinski definition) is 1. The second-order valence-corrected chi connectivity index (χ2v) is 3.95. The van der Waals surface area contributed by atoms with Crippen LogP contribution in [0.5, 0.6) is 0 Å². The van der Waals surface area contributed by atoms with Crippen LogP contribution in [-0.4, -0.2) is 34.1 Å². The van der Waals surface area contributed by atoms with Crippen LogP contribution in [0, 0.1) is 12.3 Å². The number of fused-ring (bicyclic) bond motifs is 1. The lowest BCUT2D eigenvalue weighted by atomic mass is 10.1. The van der Waals surface area contributed by atoms with Gasteiger partial charge in [0.05, 0.1) is 17.6 Å². The number of anilines is 1. The number of hydrogen-bond acceptors (Lipinski definition) is 4. The molecule has 0 atom stereocenters. The highest BCUT2D eigenvalue weighted by atomic mass is 16.4. The third-order valence-corrected chi connectivity index (χ3v) is 2.83. The minimum atomic E-state index is -0.974. The van der Waals surface area contributed by atoms with Gasteiger partial charge in [-0.3, -0.25) is 0 Å². The molecule has 19 heavy (non-hydrogen) atoms. The van der Waals surface area contributed by atoms with Crippen molar-refractivity contribution in [2.24, 2.45) is 0 Å². The van der Waals surface area contributed by atoms with E-state index in [0.717, 1.165) is 17.7 Å². The van der Waals surface area contributed by atoms with E-state index in [-0.39, 0.29) is 5.56 Å². The van der Waals surface area contributed by atoms with E-state index >= 15 is 0 Å². The molecule has 1 aromatic heterocycles. The Balaban J connectivity index is 2.58. The van der Waals surface area contributed by atoms with Gasteiger partial charge in [-0.2, -0.15) is 0 Å². The fourth-order valence-electron chi connectivity index (χ4n) is 1.87. The quantitative estimate of drug-likeness (QED) is 0.844. The van der Waals surface area contributed by atoms with Gasteiger partial charge in [-0.05, 0) is 25.1 Å². The Bertz CT molecular complexity index is 661. The van der Waals surface area contributed by atoms with Gasteiger partial charge in [0.1, 0.15) is 12.1 Å². The first-order valence-corrected chi connectivity index (χ1v) is 5.83. The Morgan fingerprint density at radius 3 is 2.89 bits per heavy atom. The minimum absolute atomic E-state index is 0.206. The molecule has 0 fully saturated rings. The van der Waals surface area contributed by atoms with Gasteiger partial charge in [0.15, 0.2) is 0 Å². The Morgan fingerprint density at radius 2 is 2.26 bits per heavy atom. The lowest BCUT2D eigenvalue weighted by Gasteiger charge is -2.20. The zero-order valence-electron chi connectivity index (χ0n) is 10.5. The van der Waals surface area contributed by atoms with Gasteiger partial charge in [0.2, 0.25) is 0 Å². The molecule has 1 N–H and O–H groups in total. The molecule has 2 aromatic rings. The SMILES string of the molecule is C#CCN(CC)c1ncnc2cc(C(=O)O)ccc12. The smallest absolute Gasteiger partial charge is 0.335 e. The summed E-state index contributed by atoms with van der Waals surface area (Å²) in [6.45, 7) is 3.15. The van der Waals surface area contributed by atoms with Crippen LogP contribution in [-0.2, 0) is 0 Å². The maximum absolute atomic E-state index is 10.9. The highest BCUT2D eigenvalue weighted by Crippen LogP contribution is 2.23. The summed E-state index contributed by atoms with van der Waals surface area (Å²) in [6, 6.07) is 4.79. The zero-order chi connectivity index (χ0) is 13.8. The lowest BCUT2D eigenvalue weighted by molar-refractivity contribution is 0.0697. The average Bonchev–Trinajstić information content (AvgIpc) is 2.43. The van der Waals surface area contributed by atoms with Gasteiger partial charge in [-0.1, -0.05) is 5.92 Å². The topological polar surface area (TPSA) is 66.3 Å². The Labute approximate surface area is 110 Å². The monoisotopic (exact) mass is 255 g/mol. The number of terminal acetylenes is 1. The third-order valence-electron chi connectivity index (χ3n) is 2.83. The molecule has 0 aliphatic carbocycles. The number of nitrogens with zero attached hydrogens (tertiary/aromatic N) is 3. The largest absolute Gasteiger partial charge is 0.478 e. The molecular formula is C14H13N3O2. The van der Waals surface area contributed by atoms with E-state index in [2.05, 4.69) is 15.9 Å². The van der Waals surface area contributed by atoms with E-state index in [1.807, 2.05) is 11.8 Å². The Morgan fingerprint density at radius 1 is 1.47 bits per heavy atom. The van der Waals surface area contributed by atoms with Crippen molar-refractivity contribution < 1.29 is 9.90 Å². The van der Waals surface area contributed by atoms with Gasteiger partial charge >= 0.3 is 5.97 Å². The second kappa shape index (κ2) is 5.36. The summed E-state index contributed by atoms with van der Waals surface area (Å²) in [5, 5.41) is 9.77. The Kier molecular flexibility index (Phi) is 3.62. The maximum atomic E-state index is 10.9. The molecule has 0 aliphatic heterocycles. The van der Waals surface area contributed by atoms with Crippen LogP contribution in [0.4, 0.5) is 5.82 Å². The van der Waals surface area contributed by atoms with E-state index < -0.39 is 5.97 Å². The molecule has 0 amide bonds. The molecule has 0 saturated heterocycles. The van der Waals surface area contributed by atoms with E-state index in [9.17, 15) is 4.79 Å². The minimum Gasteiger partial charge on any atom is -0.478 e. The van der Waals surface area contributed by atoms with Crippen LogP contribution in [0.3, 0.4) is 0 Å². The molecule has 0 spiro atoms. The summed E-state index contributed by atoms with van der Waals surface area (Å²) >= 11 is 0. The Hall–Kier alpha value is -2.61. The van der Waals surface area contributed by atoms with Crippen LogP contribution in [0.15, 0.2) is 24.5 Å². The summed E-state index contributed by atoms with van der Waals surface area (Å²) in [4.78, 5) is 21.2. The number of aromatic carboxylic acids is 1. The average molecular weight is 255 g/mol. The molecular weight excluding hydrogens is 242 g/mol. The number of carboxylic acid groups (broad SMARTS) is 1. The van der Waals surface area contributed by atoms with Crippen LogP contribution in [0.25, 0.3) is 10.9 Å². The van der Waals surface area contributed by atoms with Crippen LogP contribution in [0.2, 0.25) is 0 Å². The molecule has 5 heteroatoms. The highest BCUT2D eigenvalue weighted by Gasteiger charge is 2.11. The molecule has 1 aromatic carbocycles. The number of benzene rings is 1. The fourth-order valence-corrected chi connectivity index (χ4v) is 1.87.